The average molecular weight is 320 g/mol. The van der Waals surface area contributed by atoms with Gasteiger partial charge in [0.2, 0.25) is 0 Å². The lowest BCUT2D eigenvalue weighted by atomic mass is 9.70. The number of ketones is 1. The Kier molecular flexibility index (Phi) is 3.01. The van der Waals surface area contributed by atoms with Crippen molar-refractivity contribution in [1.29, 1.82) is 0 Å². The lowest BCUT2D eigenvalue weighted by Crippen LogP contribution is -2.47. The van der Waals surface area contributed by atoms with Crippen molar-refractivity contribution in [3.63, 3.8) is 0 Å². The summed E-state index contributed by atoms with van der Waals surface area (Å²) in [4.78, 5) is 12.9. The van der Waals surface area contributed by atoms with Gasteiger partial charge in [0, 0.05) is 16.4 Å². The van der Waals surface area contributed by atoms with Crippen LogP contribution in [0.4, 0.5) is 0 Å². The van der Waals surface area contributed by atoms with Crippen molar-refractivity contribution in [3.8, 4) is 0 Å². The molecule has 2 fully saturated rings. The van der Waals surface area contributed by atoms with Crippen molar-refractivity contribution < 1.29 is 17.8 Å². The van der Waals surface area contributed by atoms with E-state index in [9.17, 15) is 17.8 Å². The Labute approximate surface area is 131 Å². The fourth-order valence-corrected chi connectivity index (χ4v) is 5.99. The Morgan fingerprint density at radius 2 is 1.68 bits per heavy atom. The molecule has 2 aliphatic carbocycles. The second-order valence-electron chi connectivity index (χ2n) is 7.06. The van der Waals surface area contributed by atoms with Gasteiger partial charge in [0.25, 0.3) is 10.1 Å². The van der Waals surface area contributed by atoms with Gasteiger partial charge in [0.1, 0.15) is 4.75 Å². The third kappa shape index (κ3) is 1.56. The summed E-state index contributed by atoms with van der Waals surface area (Å²) in [5.74, 6) is -0.162. The van der Waals surface area contributed by atoms with Crippen LogP contribution in [0.15, 0.2) is 35.9 Å². The molecule has 2 bridgehead atoms. The summed E-state index contributed by atoms with van der Waals surface area (Å²) in [7, 11) is -4.41. The Balaban J connectivity index is 2.32. The van der Waals surface area contributed by atoms with Crippen molar-refractivity contribution in [2.45, 2.75) is 38.4 Å². The Morgan fingerprint density at radius 3 is 2.23 bits per heavy atom. The molecule has 0 heterocycles. The van der Waals surface area contributed by atoms with Gasteiger partial charge in [0.15, 0.2) is 5.78 Å². The van der Waals surface area contributed by atoms with E-state index in [4.69, 9.17) is 0 Å². The standard InChI is InChI=1S/C17H20O4S/c1-15(2)16(3)9-10-17(15,22(19,20)21)13(14(16)18)11-12-7-5-4-6-8-12/h4-8,11H,9-10H2,1-3H3,(H,19,20,21)/b13-11+. The average Bonchev–Trinajstić information content (AvgIpc) is 2.71. The molecule has 4 nitrogen and oxygen atoms in total. The number of rotatable bonds is 2. The molecule has 0 spiro atoms. The van der Waals surface area contributed by atoms with Gasteiger partial charge in [0.05, 0.1) is 0 Å². The van der Waals surface area contributed by atoms with E-state index in [2.05, 4.69) is 0 Å². The normalized spacial score (nSPS) is 35.3. The minimum absolute atomic E-state index is 0.162. The monoisotopic (exact) mass is 320 g/mol. The van der Waals surface area contributed by atoms with E-state index in [1.165, 1.54) is 0 Å². The molecule has 2 aliphatic rings. The topological polar surface area (TPSA) is 71.4 Å². The van der Waals surface area contributed by atoms with Crippen molar-refractivity contribution in [2.75, 3.05) is 0 Å². The number of hydrogen-bond donors (Lipinski definition) is 1. The highest BCUT2D eigenvalue weighted by Crippen LogP contribution is 2.70. The van der Waals surface area contributed by atoms with Crippen molar-refractivity contribution >= 4 is 22.0 Å². The fraction of sp³-hybridized carbons (Fsp3) is 0.471. The molecule has 2 unspecified atom stereocenters. The zero-order valence-electron chi connectivity index (χ0n) is 13.0. The van der Waals surface area contributed by atoms with Crippen LogP contribution < -0.4 is 0 Å². The van der Waals surface area contributed by atoms with Crippen LogP contribution in [0.5, 0.6) is 0 Å². The van der Waals surface area contributed by atoms with E-state index in [0.717, 1.165) is 5.56 Å². The maximum absolute atomic E-state index is 12.9. The van der Waals surface area contributed by atoms with Gasteiger partial charge in [-0.1, -0.05) is 51.1 Å². The van der Waals surface area contributed by atoms with Crippen molar-refractivity contribution in [3.05, 3.63) is 41.5 Å². The minimum atomic E-state index is -4.41. The van der Waals surface area contributed by atoms with Crippen LogP contribution in [0.1, 0.15) is 39.2 Å². The van der Waals surface area contributed by atoms with Gasteiger partial charge >= 0.3 is 0 Å². The van der Waals surface area contributed by atoms with Gasteiger partial charge in [-0.3, -0.25) is 9.35 Å². The fourth-order valence-electron chi connectivity index (χ4n) is 4.33. The molecule has 2 saturated carbocycles. The zero-order valence-corrected chi connectivity index (χ0v) is 13.8. The van der Waals surface area contributed by atoms with Crippen LogP contribution >= 0.6 is 0 Å². The molecule has 22 heavy (non-hydrogen) atoms. The largest absolute Gasteiger partial charge is 0.294 e. The van der Waals surface area contributed by atoms with Gasteiger partial charge in [-0.25, -0.2) is 0 Å². The second-order valence-corrected chi connectivity index (χ2v) is 8.70. The molecule has 0 amide bonds. The summed E-state index contributed by atoms with van der Waals surface area (Å²) >= 11 is 0. The third-order valence-corrected chi connectivity index (χ3v) is 7.91. The van der Waals surface area contributed by atoms with E-state index in [-0.39, 0.29) is 17.8 Å². The first-order chi connectivity index (χ1) is 10.1. The van der Waals surface area contributed by atoms with Gasteiger partial charge < -0.3 is 0 Å². The number of carbonyl (C=O) groups is 1. The maximum atomic E-state index is 12.9. The number of carbonyl (C=O) groups excluding carboxylic acids is 1. The highest BCUT2D eigenvalue weighted by atomic mass is 32.2. The molecule has 2 atom stereocenters. The quantitative estimate of drug-likeness (QED) is 0.671. The Morgan fingerprint density at radius 1 is 1.09 bits per heavy atom. The lowest BCUT2D eigenvalue weighted by Gasteiger charge is -2.37. The van der Waals surface area contributed by atoms with Crippen LogP contribution in [0.3, 0.4) is 0 Å². The highest BCUT2D eigenvalue weighted by Gasteiger charge is 2.77. The van der Waals surface area contributed by atoms with Gasteiger partial charge in [-0.15, -0.1) is 0 Å². The van der Waals surface area contributed by atoms with Crippen LogP contribution in [0.25, 0.3) is 6.08 Å². The summed E-state index contributed by atoms with van der Waals surface area (Å²) in [5, 5.41) is 0. The van der Waals surface area contributed by atoms with Gasteiger partial charge in [-0.2, -0.15) is 8.42 Å². The molecule has 3 rings (SSSR count). The van der Waals surface area contributed by atoms with Crippen LogP contribution in [-0.2, 0) is 14.9 Å². The second kappa shape index (κ2) is 4.30. The first kappa shape index (κ1) is 15.4. The molecule has 0 aromatic heterocycles. The molecular weight excluding hydrogens is 300 g/mol. The van der Waals surface area contributed by atoms with Crippen molar-refractivity contribution in [1.82, 2.24) is 0 Å². The van der Waals surface area contributed by atoms with Crippen LogP contribution in [-0.4, -0.2) is 23.5 Å². The Hall–Kier alpha value is -1.46. The maximum Gasteiger partial charge on any atom is 0.275 e. The van der Waals surface area contributed by atoms with Crippen molar-refractivity contribution in [2.24, 2.45) is 10.8 Å². The highest BCUT2D eigenvalue weighted by molar-refractivity contribution is 7.87. The molecule has 1 aromatic carbocycles. The summed E-state index contributed by atoms with van der Waals surface area (Å²) in [6.45, 7) is 5.36. The summed E-state index contributed by atoms with van der Waals surface area (Å²) in [5.41, 5.74) is -0.616. The molecule has 1 N–H and O–H groups in total. The molecule has 118 valence electrons. The summed E-state index contributed by atoms with van der Waals surface area (Å²) in [6.07, 6.45) is 2.38. The SMILES string of the molecule is CC12CCC(S(=O)(=O)O)(/C(=C/c3ccccc3)C1=O)C2(C)C. The van der Waals surface area contributed by atoms with Crippen LogP contribution in [0.2, 0.25) is 0 Å². The molecule has 0 radical (unpaired) electrons. The van der Waals surface area contributed by atoms with E-state index in [1.54, 1.807) is 19.9 Å². The first-order valence-electron chi connectivity index (χ1n) is 7.37. The molecule has 0 aliphatic heterocycles. The number of benzene rings is 1. The first-order valence-corrected chi connectivity index (χ1v) is 8.81. The predicted octanol–water partition coefficient (Wildman–Crippen LogP) is 3.11. The molecule has 0 saturated heterocycles. The number of hydrogen-bond acceptors (Lipinski definition) is 3. The molecule has 5 heteroatoms. The van der Waals surface area contributed by atoms with E-state index in [0.29, 0.717) is 6.42 Å². The smallest absolute Gasteiger partial charge is 0.275 e. The Bertz CT molecular complexity index is 776. The number of Topliss-reactive ketones (excluding diaryl/α,β-unsaturated/α-hetero) is 1. The van der Waals surface area contributed by atoms with Crippen LogP contribution in [0, 0.1) is 10.8 Å². The number of fused-ring (bicyclic) bond motifs is 2. The van der Waals surface area contributed by atoms with E-state index in [1.807, 2.05) is 37.3 Å². The summed E-state index contributed by atoms with van der Waals surface area (Å²) < 4.78 is 33.0. The lowest BCUT2D eigenvalue weighted by molar-refractivity contribution is -0.125. The summed E-state index contributed by atoms with van der Waals surface area (Å²) in [6, 6.07) is 9.15. The molecular formula is C17H20O4S. The predicted molar refractivity (Wildman–Crippen MR) is 84.8 cm³/mol. The molecule has 1 aromatic rings. The van der Waals surface area contributed by atoms with Gasteiger partial charge in [-0.05, 0) is 24.5 Å². The third-order valence-electron chi connectivity index (χ3n) is 6.10. The van der Waals surface area contributed by atoms with E-state index >= 15 is 0 Å². The minimum Gasteiger partial charge on any atom is -0.294 e. The van der Waals surface area contributed by atoms with E-state index < -0.39 is 25.7 Å². The zero-order chi connectivity index (χ0) is 16.4.